The molecule has 1 amide bonds. The van der Waals surface area contributed by atoms with Gasteiger partial charge in [-0.2, -0.15) is 0 Å². The average molecular weight is 478 g/mol. The molecule has 0 radical (unpaired) electrons. The molecule has 2 heterocycles. The summed E-state index contributed by atoms with van der Waals surface area (Å²) in [5.74, 6) is -1.35. The number of sulfone groups is 1. The standard InChI is InChI=1S/C22H24FN3O6S/c1-4-32-19-8-6-15(12-24-19)14-5-7-16-17(11-14)18(23)13-26(20(16)27)10-9-22(2,21(28)25-29)33(3,30)31/h5-8,11-13,29H,4,9-10H2,1-3H3,(H,25,28)/t22-/m1/s1. The highest BCUT2D eigenvalue weighted by molar-refractivity contribution is 7.92. The minimum absolute atomic E-state index is 0.0987. The molecule has 0 aliphatic heterocycles. The number of hydrogen-bond donors (Lipinski definition) is 2. The second-order valence-corrected chi connectivity index (χ2v) is 10.2. The summed E-state index contributed by atoms with van der Waals surface area (Å²) in [5.41, 5.74) is 2.17. The molecule has 0 saturated heterocycles. The smallest absolute Gasteiger partial charge is 0.264 e. The Morgan fingerprint density at radius 1 is 1.24 bits per heavy atom. The van der Waals surface area contributed by atoms with Gasteiger partial charge in [0.1, 0.15) is 5.82 Å². The summed E-state index contributed by atoms with van der Waals surface area (Å²) < 4.78 is 43.5. The lowest BCUT2D eigenvalue weighted by atomic mass is 10.0. The lowest BCUT2D eigenvalue weighted by Gasteiger charge is -2.25. The summed E-state index contributed by atoms with van der Waals surface area (Å²) in [6, 6.07) is 8.15. The van der Waals surface area contributed by atoms with E-state index in [0.29, 0.717) is 23.6 Å². The van der Waals surface area contributed by atoms with Crippen molar-refractivity contribution in [3.8, 4) is 17.0 Å². The molecule has 2 N–H and O–H groups in total. The Morgan fingerprint density at radius 3 is 2.52 bits per heavy atom. The van der Waals surface area contributed by atoms with Crippen LogP contribution in [0.25, 0.3) is 21.9 Å². The zero-order chi connectivity index (χ0) is 24.4. The number of hydrogen-bond acceptors (Lipinski definition) is 7. The van der Waals surface area contributed by atoms with Crippen LogP contribution in [0.15, 0.2) is 47.5 Å². The van der Waals surface area contributed by atoms with Crippen molar-refractivity contribution in [2.24, 2.45) is 0 Å². The van der Waals surface area contributed by atoms with E-state index in [4.69, 9.17) is 9.94 Å². The number of rotatable bonds is 8. The first-order valence-corrected chi connectivity index (χ1v) is 12.0. The van der Waals surface area contributed by atoms with Gasteiger partial charge in [-0.05, 0) is 44.0 Å². The molecule has 3 rings (SSSR count). The Hall–Kier alpha value is -3.31. The van der Waals surface area contributed by atoms with Gasteiger partial charge in [-0.15, -0.1) is 0 Å². The summed E-state index contributed by atoms with van der Waals surface area (Å²) in [6.07, 6.45) is 3.07. The number of nitrogens with one attached hydrogen (secondary N) is 1. The molecule has 0 unspecified atom stereocenters. The van der Waals surface area contributed by atoms with Crippen molar-refractivity contribution in [1.29, 1.82) is 0 Å². The summed E-state index contributed by atoms with van der Waals surface area (Å²) in [7, 11) is -3.95. The van der Waals surface area contributed by atoms with Crippen LogP contribution >= 0.6 is 0 Å². The van der Waals surface area contributed by atoms with Crippen molar-refractivity contribution in [2.45, 2.75) is 31.6 Å². The highest BCUT2D eigenvalue weighted by atomic mass is 32.2. The van der Waals surface area contributed by atoms with Crippen LogP contribution in [-0.2, 0) is 21.2 Å². The van der Waals surface area contributed by atoms with Crippen LogP contribution in [0.5, 0.6) is 5.88 Å². The summed E-state index contributed by atoms with van der Waals surface area (Å²) in [6.45, 7) is 3.20. The van der Waals surface area contributed by atoms with Gasteiger partial charge >= 0.3 is 0 Å². The van der Waals surface area contributed by atoms with Crippen LogP contribution < -0.4 is 15.8 Å². The Kier molecular flexibility index (Phi) is 6.84. The van der Waals surface area contributed by atoms with E-state index < -0.39 is 31.9 Å². The van der Waals surface area contributed by atoms with Gasteiger partial charge in [-0.25, -0.2) is 23.3 Å². The van der Waals surface area contributed by atoms with Crippen LogP contribution in [0.4, 0.5) is 4.39 Å². The highest BCUT2D eigenvalue weighted by Crippen LogP contribution is 2.26. The van der Waals surface area contributed by atoms with Crippen LogP contribution in [0, 0.1) is 5.82 Å². The van der Waals surface area contributed by atoms with E-state index in [0.717, 1.165) is 23.9 Å². The fourth-order valence-electron chi connectivity index (χ4n) is 3.40. The quantitative estimate of drug-likeness (QED) is 0.376. The van der Waals surface area contributed by atoms with Gasteiger partial charge in [0.05, 0.1) is 12.0 Å². The molecular weight excluding hydrogens is 453 g/mol. The predicted octanol–water partition coefficient (Wildman–Crippen LogP) is 2.30. The third-order valence-electron chi connectivity index (χ3n) is 5.63. The van der Waals surface area contributed by atoms with Gasteiger partial charge < -0.3 is 9.30 Å². The topological polar surface area (TPSA) is 128 Å². The molecule has 0 aliphatic carbocycles. The maximum atomic E-state index is 14.9. The highest BCUT2D eigenvalue weighted by Gasteiger charge is 2.43. The van der Waals surface area contributed by atoms with Crippen LogP contribution in [0.1, 0.15) is 20.3 Å². The number of pyridine rings is 2. The summed E-state index contributed by atoms with van der Waals surface area (Å²) >= 11 is 0. The molecule has 0 fully saturated rings. The molecule has 0 saturated carbocycles. The monoisotopic (exact) mass is 477 g/mol. The lowest BCUT2D eigenvalue weighted by Crippen LogP contribution is -2.50. The van der Waals surface area contributed by atoms with E-state index >= 15 is 0 Å². The van der Waals surface area contributed by atoms with E-state index in [1.165, 1.54) is 17.6 Å². The van der Waals surface area contributed by atoms with Gasteiger partial charge in [-0.1, -0.05) is 6.07 Å². The predicted molar refractivity (Wildman–Crippen MR) is 120 cm³/mol. The van der Waals surface area contributed by atoms with E-state index in [1.54, 1.807) is 24.4 Å². The minimum Gasteiger partial charge on any atom is -0.478 e. The Bertz CT molecular complexity index is 1360. The molecule has 0 spiro atoms. The second kappa shape index (κ2) is 9.28. The largest absolute Gasteiger partial charge is 0.478 e. The van der Waals surface area contributed by atoms with Crippen molar-refractivity contribution < 1.29 is 27.5 Å². The number of aryl methyl sites for hydroxylation is 1. The first-order valence-electron chi connectivity index (χ1n) is 10.1. The number of benzene rings is 1. The van der Waals surface area contributed by atoms with Gasteiger partial charge in [0.2, 0.25) is 5.88 Å². The zero-order valence-electron chi connectivity index (χ0n) is 18.3. The van der Waals surface area contributed by atoms with Gasteiger partial charge in [0.15, 0.2) is 14.6 Å². The number of halogens is 1. The minimum atomic E-state index is -3.95. The van der Waals surface area contributed by atoms with Crippen LogP contribution in [0.2, 0.25) is 0 Å². The Morgan fingerprint density at radius 2 is 1.94 bits per heavy atom. The maximum Gasteiger partial charge on any atom is 0.264 e. The molecule has 33 heavy (non-hydrogen) atoms. The van der Waals surface area contributed by atoms with Crippen molar-refractivity contribution in [2.75, 3.05) is 12.9 Å². The molecule has 0 bridgehead atoms. The van der Waals surface area contributed by atoms with E-state index in [2.05, 4.69) is 4.98 Å². The number of fused-ring (bicyclic) bond motifs is 1. The number of carbonyl (C=O) groups is 1. The number of ether oxygens (including phenoxy) is 1. The lowest BCUT2D eigenvalue weighted by molar-refractivity contribution is -0.131. The van der Waals surface area contributed by atoms with Crippen molar-refractivity contribution in [3.05, 3.63) is 58.9 Å². The van der Waals surface area contributed by atoms with Gasteiger partial charge in [0.25, 0.3) is 11.5 Å². The molecular formula is C22H24FN3O6S. The van der Waals surface area contributed by atoms with Crippen molar-refractivity contribution in [1.82, 2.24) is 15.0 Å². The third-order valence-corrected chi connectivity index (χ3v) is 7.66. The fourth-order valence-corrected chi connectivity index (χ4v) is 4.24. The SMILES string of the molecule is CCOc1ccc(-c2ccc3c(=O)n(CC[C@](C)(C(=O)NO)S(C)(=O)=O)cc(F)c3c2)cn1. The number of nitrogens with zero attached hydrogens (tertiary/aromatic N) is 2. The molecule has 9 nitrogen and oxygen atoms in total. The zero-order valence-corrected chi connectivity index (χ0v) is 19.1. The molecule has 3 aromatic rings. The molecule has 1 atom stereocenters. The summed E-state index contributed by atoms with van der Waals surface area (Å²) in [4.78, 5) is 29.1. The van der Waals surface area contributed by atoms with Crippen molar-refractivity contribution >= 4 is 26.5 Å². The second-order valence-electron chi connectivity index (χ2n) is 7.75. The van der Waals surface area contributed by atoms with Crippen molar-refractivity contribution in [3.63, 3.8) is 0 Å². The number of carbonyl (C=O) groups excluding carboxylic acids is 1. The van der Waals surface area contributed by atoms with E-state index in [9.17, 15) is 22.4 Å². The number of hydroxylamine groups is 1. The van der Waals surface area contributed by atoms with E-state index in [1.807, 2.05) is 6.92 Å². The summed E-state index contributed by atoms with van der Waals surface area (Å²) in [5, 5.41) is 9.13. The Labute approximate surface area is 189 Å². The third kappa shape index (κ3) is 4.74. The fraction of sp³-hybridized carbons (Fsp3) is 0.318. The normalized spacial score (nSPS) is 13.5. The van der Waals surface area contributed by atoms with Crippen LogP contribution in [-0.4, -0.2) is 46.7 Å². The first kappa shape index (κ1) is 24.3. The molecule has 0 aliphatic rings. The number of aromatic nitrogens is 2. The Balaban J connectivity index is 1.97. The average Bonchev–Trinajstić information content (AvgIpc) is 2.79. The molecule has 176 valence electrons. The molecule has 2 aromatic heterocycles. The van der Waals surface area contributed by atoms with Gasteiger partial charge in [-0.3, -0.25) is 14.8 Å². The molecule has 11 heteroatoms. The maximum absolute atomic E-state index is 14.9. The van der Waals surface area contributed by atoms with Gasteiger partial charge in [0, 0.05) is 42.2 Å². The number of amides is 1. The van der Waals surface area contributed by atoms with E-state index in [-0.39, 0.29) is 23.7 Å². The molecule has 1 aromatic carbocycles. The first-order chi connectivity index (χ1) is 15.5. The van der Waals surface area contributed by atoms with Crippen LogP contribution in [0.3, 0.4) is 0 Å².